The molecule has 5 heteroatoms. The van der Waals surface area contributed by atoms with Gasteiger partial charge in [0.25, 0.3) is 0 Å². The van der Waals surface area contributed by atoms with Gasteiger partial charge in [0.05, 0.1) is 5.69 Å². The molecule has 2 aromatic rings. The van der Waals surface area contributed by atoms with Gasteiger partial charge in [-0.3, -0.25) is 0 Å². The molecular weight excluding hydrogens is 262 g/mol. The van der Waals surface area contributed by atoms with E-state index in [1.165, 1.54) is 0 Å². The first kappa shape index (κ1) is 13.5. The highest BCUT2D eigenvalue weighted by Crippen LogP contribution is 2.29. The van der Waals surface area contributed by atoms with Gasteiger partial charge < -0.3 is 10.6 Å². The SMILES string of the molecule is CC1CCN(c2nn(-c3ccccc3)c(N)c2C#N)CC1. The van der Waals surface area contributed by atoms with Crippen LogP contribution in [-0.2, 0) is 0 Å². The topological polar surface area (TPSA) is 70.9 Å². The summed E-state index contributed by atoms with van der Waals surface area (Å²) >= 11 is 0. The summed E-state index contributed by atoms with van der Waals surface area (Å²) in [6.07, 6.45) is 2.26. The Bertz CT molecular complexity index is 660. The monoisotopic (exact) mass is 281 g/mol. The molecule has 0 amide bonds. The number of para-hydroxylation sites is 1. The molecule has 1 aliphatic heterocycles. The van der Waals surface area contributed by atoms with Crippen molar-refractivity contribution in [2.75, 3.05) is 23.7 Å². The van der Waals surface area contributed by atoms with Crippen LogP contribution in [0, 0.1) is 17.2 Å². The van der Waals surface area contributed by atoms with E-state index in [2.05, 4.69) is 23.0 Å². The molecule has 0 unspecified atom stereocenters. The molecule has 1 saturated heterocycles. The lowest BCUT2D eigenvalue weighted by atomic mass is 9.99. The molecule has 3 rings (SSSR count). The van der Waals surface area contributed by atoms with Gasteiger partial charge in [-0.25, -0.2) is 4.68 Å². The van der Waals surface area contributed by atoms with Crippen LogP contribution in [0.5, 0.6) is 0 Å². The van der Waals surface area contributed by atoms with Crippen LogP contribution >= 0.6 is 0 Å². The van der Waals surface area contributed by atoms with Crippen molar-refractivity contribution in [2.45, 2.75) is 19.8 Å². The predicted molar refractivity (Wildman–Crippen MR) is 83.3 cm³/mol. The second kappa shape index (κ2) is 5.49. The number of nitrogens with two attached hydrogens (primary N) is 1. The maximum atomic E-state index is 9.43. The van der Waals surface area contributed by atoms with E-state index in [9.17, 15) is 5.26 Å². The molecule has 1 aromatic carbocycles. The summed E-state index contributed by atoms with van der Waals surface area (Å²) in [6.45, 7) is 4.13. The van der Waals surface area contributed by atoms with Gasteiger partial charge in [0, 0.05) is 13.1 Å². The maximum absolute atomic E-state index is 9.43. The maximum Gasteiger partial charge on any atom is 0.171 e. The molecule has 2 heterocycles. The third-order valence-corrected chi connectivity index (χ3v) is 4.10. The fourth-order valence-corrected chi connectivity index (χ4v) is 2.73. The first-order valence-electron chi connectivity index (χ1n) is 7.29. The van der Waals surface area contributed by atoms with Crippen molar-refractivity contribution in [1.29, 1.82) is 5.26 Å². The highest BCUT2D eigenvalue weighted by molar-refractivity contribution is 5.67. The molecule has 0 bridgehead atoms. The smallest absolute Gasteiger partial charge is 0.171 e. The van der Waals surface area contributed by atoms with Crippen molar-refractivity contribution in [2.24, 2.45) is 5.92 Å². The number of rotatable bonds is 2. The van der Waals surface area contributed by atoms with Crippen molar-refractivity contribution in [3.8, 4) is 11.8 Å². The van der Waals surface area contributed by atoms with Gasteiger partial charge in [-0.1, -0.05) is 25.1 Å². The summed E-state index contributed by atoms with van der Waals surface area (Å²) < 4.78 is 1.66. The largest absolute Gasteiger partial charge is 0.382 e. The Kier molecular flexibility index (Phi) is 3.53. The Balaban J connectivity index is 2.00. The van der Waals surface area contributed by atoms with E-state index in [4.69, 9.17) is 5.73 Å². The number of nitriles is 1. The molecule has 1 aromatic heterocycles. The minimum Gasteiger partial charge on any atom is -0.382 e. The van der Waals surface area contributed by atoms with Gasteiger partial charge in [0.1, 0.15) is 17.5 Å². The van der Waals surface area contributed by atoms with Crippen molar-refractivity contribution in [1.82, 2.24) is 9.78 Å². The number of hydrogen-bond acceptors (Lipinski definition) is 4. The fourth-order valence-electron chi connectivity index (χ4n) is 2.73. The molecule has 0 spiro atoms. The molecule has 0 atom stereocenters. The molecule has 0 saturated carbocycles. The van der Waals surface area contributed by atoms with Crippen LogP contribution < -0.4 is 10.6 Å². The Hall–Kier alpha value is -2.48. The van der Waals surface area contributed by atoms with Crippen LogP contribution in [0.2, 0.25) is 0 Å². The summed E-state index contributed by atoms with van der Waals surface area (Å²) in [6, 6.07) is 11.9. The number of anilines is 2. The first-order chi connectivity index (χ1) is 10.2. The Morgan fingerprint density at radius 3 is 2.52 bits per heavy atom. The summed E-state index contributed by atoms with van der Waals surface area (Å²) in [7, 11) is 0. The third-order valence-electron chi connectivity index (χ3n) is 4.10. The van der Waals surface area contributed by atoms with Crippen LogP contribution in [0.3, 0.4) is 0 Å². The fraction of sp³-hybridized carbons (Fsp3) is 0.375. The molecule has 21 heavy (non-hydrogen) atoms. The van der Waals surface area contributed by atoms with E-state index in [1.54, 1.807) is 4.68 Å². The lowest BCUT2D eigenvalue weighted by molar-refractivity contribution is 0.436. The van der Waals surface area contributed by atoms with Crippen LogP contribution in [0.1, 0.15) is 25.3 Å². The first-order valence-corrected chi connectivity index (χ1v) is 7.29. The number of aromatic nitrogens is 2. The highest BCUT2D eigenvalue weighted by Gasteiger charge is 2.24. The van der Waals surface area contributed by atoms with E-state index in [1.807, 2.05) is 30.3 Å². The summed E-state index contributed by atoms with van der Waals surface area (Å²) in [5.74, 6) is 1.86. The quantitative estimate of drug-likeness (QED) is 0.918. The Morgan fingerprint density at radius 2 is 1.90 bits per heavy atom. The van der Waals surface area contributed by atoms with E-state index < -0.39 is 0 Å². The number of benzene rings is 1. The van der Waals surface area contributed by atoms with Crippen molar-refractivity contribution < 1.29 is 0 Å². The average molecular weight is 281 g/mol. The molecule has 0 aliphatic carbocycles. The molecule has 2 N–H and O–H groups in total. The summed E-state index contributed by atoms with van der Waals surface area (Å²) in [5, 5.41) is 14.0. The zero-order valence-corrected chi connectivity index (χ0v) is 12.2. The van der Waals surface area contributed by atoms with Crippen molar-refractivity contribution >= 4 is 11.6 Å². The van der Waals surface area contributed by atoms with E-state index in [-0.39, 0.29) is 0 Å². The normalized spacial score (nSPS) is 15.9. The van der Waals surface area contributed by atoms with E-state index >= 15 is 0 Å². The lowest BCUT2D eigenvalue weighted by Gasteiger charge is -2.30. The molecular formula is C16H19N5. The Labute approximate surface area is 124 Å². The van der Waals surface area contributed by atoms with Crippen molar-refractivity contribution in [3.63, 3.8) is 0 Å². The van der Waals surface area contributed by atoms with E-state index in [0.29, 0.717) is 17.2 Å². The van der Waals surface area contributed by atoms with Gasteiger partial charge in [-0.15, -0.1) is 5.10 Å². The highest BCUT2D eigenvalue weighted by atomic mass is 15.4. The van der Waals surface area contributed by atoms with Gasteiger partial charge in [0.2, 0.25) is 0 Å². The molecule has 1 aliphatic rings. The van der Waals surface area contributed by atoms with Crippen LogP contribution in [0.25, 0.3) is 5.69 Å². The lowest BCUT2D eigenvalue weighted by Crippen LogP contribution is -2.33. The van der Waals surface area contributed by atoms with Crippen molar-refractivity contribution in [3.05, 3.63) is 35.9 Å². The second-order valence-corrected chi connectivity index (χ2v) is 5.61. The van der Waals surface area contributed by atoms with Gasteiger partial charge in [-0.2, -0.15) is 5.26 Å². The van der Waals surface area contributed by atoms with Gasteiger partial charge >= 0.3 is 0 Å². The second-order valence-electron chi connectivity index (χ2n) is 5.61. The number of nitrogen functional groups attached to an aromatic ring is 1. The molecule has 5 nitrogen and oxygen atoms in total. The standard InChI is InChI=1S/C16H19N5/c1-12-7-9-20(10-8-12)16-14(11-17)15(18)21(19-16)13-5-3-2-4-6-13/h2-6,12H,7-10,18H2,1H3. The minimum absolute atomic E-state index is 0.414. The van der Waals surface area contributed by atoms with Crippen LogP contribution in [-0.4, -0.2) is 22.9 Å². The number of hydrogen-bond donors (Lipinski definition) is 1. The average Bonchev–Trinajstić information content (AvgIpc) is 2.85. The van der Waals surface area contributed by atoms with E-state index in [0.717, 1.165) is 37.5 Å². The zero-order valence-electron chi connectivity index (χ0n) is 12.2. The predicted octanol–water partition coefficient (Wildman–Crippen LogP) is 2.56. The summed E-state index contributed by atoms with van der Waals surface area (Å²) in [4.78, 5) is 2.17. The van der Waals surface area contributed by atoms with Crippen LogP contribution in [0.4, 0.5) is 11.6 Å². The number of nitrogens with zero attached hydrogens (tertiary/aromatic N) is 4. The third kappa shape index (κ3) is 2.45. The van der Waals surface area contributed by atoms with Gasteiger partial charge in [0.15, 0.2) is 5.82 Å². The van der Waals surface area contributed by atoms with Crippen LogP contribution in [0.15, 0.2) is 30.3 Å². The molecule has 0 radical (unpaired) electrons. The zero-order chi connectivity index (χ0) is 14.8. The summed E-state index contributed by atoms with van der Waals surface area (Å²) in [5.41, 5.74) is 7.49. The Morgan fingerprint density at radius 1 is 1.24 bits per heavy atom. The minimum atomic E-state index is 0.414. The molecule has 108 valence electrons. The molecule has 1 fully saturated rings. The number of piperidine rings is 1. The van der Waals surface area contributed by atoms with Gasteiger partial charge in [-0.05, 0) is 30.9 Å².